The molecule has 3 aliphatic rings. The summed E-state index contributed by atoms with van der Waals surface area (Å²) in [6.07, 6.45) is 6.85. The van der Waals surface area contributed by atoms with Crippen LogP contribution in [-0.2, 0) is 0 Å². The van der Waals surface area contributed by atoms with Gasteiger partial charge in [-0.25, -0.2) is 13.6 Å². The standard InChI is InChI=1S/C22H23F2N3O3/c1-10-2-3-11-7-26(8-14(11)18(10)25)20-16(23)6-13-19(17(20)24)27(12-4-5-12)9-15(21(13)28)22(29)30/h2-3,6,9-12,14,18H,4-5,7-8,25H2,1H3,(H,29,30). The highest BCUT2D eigenvalue weighted by Crippen LogP contribution is 2.42. The zero-order chi connectivity index (χ0) is 21.3. The fourth-order valence-electron chi connectivity index (χ4n) is 5.00. The molecule has 6 nitrogen and oxygen atoms in total. The number of hydrogen-bond acceptors (Lipinski definition) is 4. The summed E-state index contributed by atoms with van der Waals surface area (Å²) < 4.78 is 32.4. The van der Waals surface area contributed by atoms with E-state index in [1.807, 2.05) is 6.92 Å². The number of rotatable bonds is 3. The van der Waals surface area contributed by atoms with E-state index in [9.17, 15) is 14.7 Å². The Hall–Kier alpha value is -2.74. The first-order valence-corrected chi connectivity index (χ1v) is 10.3. The molecule has 30 heavy (non-hydrogen) atoms. The zero-order valence-corrected chi connectivity index (χ0v) is 16.5. The Bertz CT molecular complexity index is 1150. The van der Waals surface area contributed by atoms with Gasteiger partial charge in [0, 0.05) is 37.3 Å². The topological polar surface area (TPSA) is 88.6 Å². The van der Waals surface area contributed by atoms with Crippen LogP contribution in [0.25, 0.3) is 10.9 Å². The number of carboxylic acid groups (broad SMARTS) is 1. The second-order valence-electron chi connectivity index (χ2n) is 8.79. The summed E-state index contributed by atoms with van der Waals surface area (Å²) in [4.78, 5) is 25.8. The number of benzene rings is 1. The Labute approximate surface area is 171 Å². The lowest BCUT2D eigenvalue weighted by atomic mass is 9.78. The molecule has 4 unspecified atom stereocenters. The van der Waals surface area contributed by atoms with Crippen molar-refractivity contribution >= 4 is 22.6 Å². The number of hydrogen-bond donors (Lipinski definition) is 2. The van der Waals surface area contributed by atoms with Crippen LogP contribution in [0.3, 0.4) is 0 Å². The van der Waals surface area contributed by atoms with Gasteiger partial charge in [-0.15, -0.1) is 0 Å². The van der Waals surface area contributed by atoms with Crippen molar-refractivity contribution in [1.29, 1.82) is 0 Å². The second-order valence-corrected chi connectivity index (χ2v) is 8.79. The molecule has 1 saturated heterocycles. The molecule has 1 aromatic carbocycles. The van der Waals surface area contributed by atoms with E-state index in [2.05, 4.69) is 12.2 Å². The molecule has 1 aromatic heterocycles. The van der Waals surface area contributed by atoms with Gasteiger partial charge in [-0.05, 0) is 30.7 Å². The number of nitrogens with zero attached hydrogens (tertiary/aromatic N) is 2. The maximum Gasteiger partial charge on any atom is 0.341 e. The van der Waals surface area contributed by atoms with Crippen LogP contribution >= 0.6 is 0 Å². The van der Waals surface area contributed by atoms with Crippen molar-refractivity contribution in [3.05, 3.63) is 51.8 Å². The highest BCUT2D eigenvalue weighted by atomic mass is 19.1. The molecule has 0 spiro atoms. The molecule has 5 rings (SSSR count). The summed E-state index contributed by atoms with van der Waals surface area (Å²) in [6, 6.07) is 0.818. The minimum atomic E-state index is -1.40. The summed E-state index contributed by atoms with van der Waals surface area (Å²) in [5, 5.41) is 9.12. The largest absolute Gasteiger partial charge is 0.477 e. The minimum absolute atomic E-state index is 0.0213. The van der Waals surface area contributed by atoms with Crippen LogP contribution in [0.2, 0.25) is 0 Å². The smallest absolute Gasteiger partial charge is 0.341 e. The Kier molecular flexibility index (Phi) is 4.25. The molecule has 158 valence electrons. The second kappa shape index (κ2) is 6.63. The molecule has 3 N–H and O–H groups in total. The minimum Gasteiger partial charge on any atom is -0.477 e. The van der Waals surface area contributed by atoms with Crippen LogP contribution < -0.4 is 16.1 Å². The van der Waals surface area contributed by atoms with E-state index >= 15 is 8.78 Å². The van der Waals surface area contributed by atoms with Gasteiger partial charge in [-0.2, -0.15) is 0 Å². The van der Waals surface area contributed by atoms with E-state index in [4.69, 9.17) is 5.73 Å². The SMILES string of the molecule is CC1C=CC2CN(c3c(F)cc4c(=O)c(C(=O)O)cn(C5CC5)c4c3F)CC2C1N. The Morgan fingerprint density at radius 2 is 1.97 bits per heavy atom. The molecular formula is C22H23F2N3O3. The fraction of sp³-hybridized carbons (Fsp3) is 0.455. The third-order valence-electron chi connectivity index (χ3n) is 6.85. The number of carbonyl (C=O) groups is 1. The summed E-state index contributed by atoms with van der Waals surface area (Å²) >= 11 is 0. The normalized spacial score (nSPS) is 28.2. The van der Waals surface area contributed by atoms with Gasteiger partial charge in [-0.1, -0.05) is 19.1 Å². The molecule has 2 fully saturated rings. The average molecular weight is 415 g/mol. The number of halogens is 2. The van der Waals surface area contributed by atoms with E-state index < -0.39 is 28.6 Å². The molecule has 0 bridgehead atoms. The van der Waals surface area contributed by atoms with Crippen molar-refractivity contribution in [2.24, 2.45) is 23.5 Å². The molecule has 1 aliphatic heterocycles. The number of anilines is 1. The Morgan fingerprint density at radius 1 is 1.23 bits per heavy atom. The van der Waals surface area contributed by atoms with Crippen LogP contribution in [0, 0.1) is 29.4 Å². The summed E-state index contributed by atoms with van der Waals surface area (Å²) in [7, 11) is 0. The quantitative estimate of drug-likeness (QED) is 0.753. The van der Waals surface area contributed by atoms with Gasteiger partial charge in [0.05, 0.1) is 10.9 Å². The van der Waals surface area contributed by atoms with Crippen molar-refractivity contribution in [2.75, 3.05) is 18.0 Å². The molecule has 0 amide bonds. The molecule has 2 heterocycles. The zero-order valence-electron chi connectivity index (χ0n) is 16.5. The van der Waals surface area contributed by atoms with E-state index in [-0.39, 0.29) is 46.4 Å². The van der Waals surface area contributed by atoms with E-state index in [1.165, 1.54) is 10.8 Å². The lowest BCUT2D eigenvalue weighted by Crippen LogP contribution is -2.41. The molecule has 2 aliphatic carbocycles. The third kappa shape index (κ3) is 2.77. The van der Waals surface area contributed by atoms with Crippen molar-refractivity contribution in [3.63, 3.8) is 0 Å². The van der Waals surface area contributed by atoms with Crippen LogP contribution in [0.1, 0.15) is 36.2 Å². The monoisotopic (exact) mass is 415 g/mol. The number of aromatic carboxylic acids is 1. The number of fused-ring (bicyclic) bond motifs is 2. The highest BCUT2D eigenvalue weighted by Gasteiger charge is 2.41. The van der Waals surface area contributed by atoms with Crippen molar-refractivity contribution in [3.8, 4) is 0 Å². The van der Waals surface area contributed by atoms with Crippen LogP contribution in [0.5, 0.6) is 0 Å². The highest BCUT2D eigenvalue weighted by molar-refractivity contribution is 5.94. The Balaban J connectivity index is 1.67. The maximum atomic E-state index is 15.8. The van der Waals surface area contributed by atoms with Gasteiger partial charge < -0.3 is 20.3 Å². The van der Waals surface area contributed by atoms with Gasteiger partial charge >= 0.3 is 5.97 Å². The lowest BCUT2D eigenvalue weighted by molar-refractivity contribution is 0.0694. The van der Waals surface area contributed by atoms with Gasteiger partial charge in [0.25, 0.3) is 0 Å². The number of pyridine rings is 1. The van der Waals surface area contributed by atoms with Crippen molar-refractivity contribution in [1.82, 2.24) is 4.57 Å². The summed E-state index contributed by atoms with van der Waals surface area (Å²) in [5.41, 5.74) is 4.81. The summed E-state index contributed by atoms with van der Waals surface area (Å²) in [5.74, 6) is -2.65. The van der Waals surface area contributed by atoms with Gasteiger partial charge in [0.15, 0.2) is 5.82 Å². The molecule has 1 saturated carbocycles. The predicted molar refractivity (Wildman–Crippen MR) is 109 cm³/mol. The van der Waals surface area contributed by atoms with Gasteiger partial charge in [-0.3, -0.25) is 4.79 Å². The number of aromatic nitrogens is 1. The average Bonchev–Trinajstić information content (AvgIpc) is 3.45. The van der Waals surface area contributed by atoms with Gasteiger partial charge in [0.2, 0.25) is 5.43 Å². The molecule has 4 atom stereocenters. The predicted octanol–water partition coefficient (Wildman–Crippen LogP) is 2.90. The molecule has 8 heteroatoms. The first kappa shape index (κ1) is 19.2. The van der Waals surface area contributed by atoms with Crippen LogP contribution in [0.4, 0.5) is 14.5 Å². The van der Waals surface area contributed by atoms with E-state index in [0.29, 0.717) is 13.1 Å². The van der Waals surface area contributed by atoms with E-state index in [0.717, 1.165) is 18.9 Å². The third-order valence-corrected chi connectivity index (χ3v) is 6.85. The van der Waals surface area contributed by atoms with Crippen molar-refractivity contribution < 1.29 is 18.7 Å². The lowest BCUT2D eigenvalue weighted by Gasteiger charge is -2.30. The van der Waals surface area contributed by atoms with Crippen LogP contribution in [0.15, 0.2) is 29.2 Å². The number of carboxylic acids is 1. The molecule has 2 aromatic rings. The van der Waals surface area contributed by atoms with Crippen LogP contribution in [-0.4, -0.2) is 34.8 Å². The molecular weight excluding hydrogens is 392 g/mol. The fourth-order valence-corrected chi connectivity index (χ4v) is 5.00. The maximum absolute atomic E-state index is 15.8. The first-order chi connectivity index (χ1) is 14.3. The van der Waals surface area contributed by atoms with Gasteiger partial charge in [0.1, 0.15) is 17.1 Å². The first-order valence-electron chi connectivity index (χ1n) is 10.3. The van der Waals surface area contributed by atoms with Crippen molar-refractivity contribution in [2.45, 2.75) is 31.8 Å². The number of nitrogens with two attached hydrogens (primary N) is 1. The van der Waals surface area contributed by atoms with E-state index in [1.54, 1.807) is 4.90 Å². The molecule has 0 radical (unpaired) electrons. The Morgan fingerprint density at radius 3 is 2.63 bits per heavy atom. The summed E-state index contributed by atoms with van der Waals surface area (Å²) in [6.45, 7) is 2.91.